The molecule has 3 aromatic heterocycles. The Balaban J connectivity index is 1.88. The first kappa shape index (κ1) is 13.3. The van der Waals surface area contributed by atoms with Gasteiger partial charge in [0.25, 0.3) is 0 Å². The highest BCUT2D eigenvalue weighted by Gasteiger charge is 2.15. The van der Waals surface area contributed by atoms with E-state index in [1.807, 2.05) is 19.2 Å². The molecule has 0 aliphatic heterocycles. The van der Waals surface area contributed by atoms with Crippen LogP contribution in [0.25, 0.3) is 5.65 Å². The summed E-state index contributed by atoms with van der Waals surface area (Å²) in [7, 11) is 1.51. The van der Waals surface area contributed by atoms with Gasteiger partial charge < -0.3 is 10.1 Å². The lowest BCUT2D eigenvalue weighted by atomic mass is 10.1. The molecule has 1 atom stereocenters. The number of fused-ring (bicyclic) bond motifs is 1. The lowest BCUT2D eigenvalue weighted by molar-refractivity contribution is 0.388. The monoisotopic (exact) mass is 287 g/mol. The fourth-order valence-electron chi connectivity index (χ4n) is 2.12. The lowest BCUT2D eigenvalue weighted by Crippen LogP contribution is -2.10. The van der Waals surface area contributed by atoms with Crippen molar-refractivity contribution >= 4 is 11.5 Å². The predicted octanol–water partition coefficient (Wildman–Crippen LogP) is 2.45. The molecule has 1 N–H and O–H groups in total. The Morgan fingerprint density at radius 2 is 2.19 bits per heavy atom. The van der Waals surface area contributed by atoms with Gasteiger partial charge in [-0.05, 0) is 19.1 Å². The molecular formula is C14H14FN5O. The third kappa shape index (κ3) is 2.62. The van der Waals surface area contributed by atoms with E-state index in [0.29, 0.717) is 17.3 Å². The van der Waals surface area contributed by atoms with Gasteiger partial charge in [-0.2, -0.15) is 0 Å². The highest BCUT2D eigenvalue weighted by atomic mass is 19.1. The van der Waals surface area contributed by atoms with Gasteiger partial charge in [-0.1, -0.05) is 0 Å². The van der Waals surface area contributed by atoms with Crippen molar-refractivity contribution < 1.29 is 9.13 Å². The molecule has 0 spiro atoms. The predicted molar refractivity (Wildman–Crippen MR) is 75.8 cm³/mol. The number of anilines is 1. The molecule has 0 saturated heterocycles. The summed E-state index contributed by atoms with van der Waals surface area (Å²) in [5.41, 5.74) is 1.36. The van der Waals surface area contributed by atoms with Gasteiger partial charge in [0.15, 0.2) is 11.5 Å². The van der Waals surface area contributed by atoms with Gasteiger partial charge in [0.2, 0.25) is 5.88 Å². The number of nitrogens with zero attached hydrogens (tertiary/aromatic N) is 4. The number of halogens is 1. The van der Waals surface area contributed by atoms with Crippen LogP contribution in [-0.4, -0.2) is 26.7 Å². The van der Waals surface area contributed by atoms with Crippen LogP contribution >= 0.6 is 0 Å². The maximum Gasteiger partial charge on any atom is 0.218 e. The molecule has 0 fully saturated rings. The van der Waals surface area contributed by atoms with Crippen LogP contribution in [0.4, 0.5) is 10.2 Å². The quantitative estimate of drug-likeness (QED) is 0.798. The first-order chi connectivity index (χ1) is 10.2. The Labute approximate surface area is 120 Å². The van der Waals surface area contributed by atoms with Crippen molar-refractivity contribution in [2.75, 3.05) is 12.4 Å². The molecule has 21 heavy (non-hydrogen) atoms. The summed E-state index contributed by atoms with van der Waals surface area (Å²) in [6.45, 7) is 1.89. The summed E-state index contributed by atoms with van der Waals surface area (Å²) in [5, 5.41) is 7.54. The van der Waals surface area contributed by atoms with E-state index in [2.05, 4.69) is 20.4 Å². The molecule has 6 nitrogen and oxygen atoms in total. The topological polar surface area (TPSA) is 64.3 Å². The summed E-state index contributed by atoms with van der Waals surface area (Å²) in [5.74, 6) is 0.627. The zero-order valence-electron chi connectivity index (χ0n) is 11.6. The summed E-state index contributed by atoms with van der Waals surface area (Å²) in [6, 6.07) is 4.80. The molecule has 0 radical (unpaired) electrons. The Kier molecular flexibility index (Phi) is 3.39. The highest BCUT2D eigenvalue weighted by molar-refractivity contribution is 5.51. The van der Waals surface area contributed by atoms with E-state index in [9.17, 15) is 4.39 Å². The van der Waals surface area contributed by atoms with Gasteiger partial charge in [0.1, 0.15) is 5.82 Å². The number of methoxy groups -OCH3 is 1. The molecule has 0 saturated carbocycles. The molecule has 3 rings (SSSR count). The number of nitrogens with one attached hydrogen (secondary N) is 1. The fourth-order valence-corrected chi connectivity index (χ4v) is 2.12. The summed E-state index contributed by atoms with van der Waals surface area (Å²) in [4.78, 5) is 8.12. The molecule has 3 heterocycles. The van der Waals surface area contributed by atoms with E-state index >= 15 is 0 Å². The van der Waals surface area contributed by atoms with E-state index < -0.39 is 5.82 Å². The Hall–Kier alpha value is -2.70. The number of aromatic nitrogens is 4. The van der Waals surface area contributed by atoms with Gasteiger partial charge in [-0.15, -0.1) is 5.10 Å². The molecule has 0 aromatic carbocycles. The van der Waals surface area contributed by atoms with Crippen molar-refractivity contribution in [3.05, 3.63) is 48.2 Å². The van der Waals surface area contributed by atoms with Crippen molar-refractivity contribution in [2.45, 2.75) is 13.0 Å². The largest absolute Gasteiger partial charge is 0.481 e. The smallest absolute Gasteiger partial charge is 0.218 e. The van der Waals surface area contributed by atoms with E-state index in [4.69, 9.17) is 4.74 Å². The van der Waals surface area contributed by atoms with Crippen LogP contribution in [0.1, 0.15) is 18.5 Å². The number of pyridine rings is 1. The van der Waals surface area contributed by atoms with E-state index in [1.54, 1.807) is 16.8 Å². The van der Waals surface area contributed by atoms with Crippen LogP contribution in [0.5, 0.6) is 5.88 Å². The number of hydrogen-bond donors (Lipinski definition) is 1. The van der Waals surface area contributed by atoms with Crippen molar-refractivity contribution in [3.8, 4) is 5.88 Å². The number of rotatable bonds is 4. The Morgan fingerprint density at radius 3 is 2.95 bits per heavy atom. The molecule has 0 bridgehead atoms. The van der Waals surface area contributed by atoms with Crippen LogP contribution in [0.2, 0.25) is 0 Å². The molecule has 0 aliphatic carbocycles. The molecule has 1 unspecified atom stereocenters. The third-order valence-corrected chi connectivity index (χ3v) is 3.11. The third-order valence-electron chi connectivity index (χ3n) is 3.11. The second kappa shape index (κ2) is 5.35. The minimum absolute atomic E-state index is 0.215. The van der Waals surface area contributed by atoms with Crippen molar-refractivity contribution in [3.63, 3.8) is 0 Å². The first-order valence-electron chi connectivity index (χ1n) is 6.44. The average Bonchev–Trinajstić information content (AvgIpc) is 2.89. The fraction of sp³-hybridized carbons (Fsp3) is 0.214. The van der Waals surface area contributed by atoms with Crippen LogP contribution in [0, 0.1) is 5.82 Å². The molecular weight excluding hydrogens is 273 g/mol. The Morgan fingerprint density at radius 1 is 1.33 bits per heavy atom. The molecule has 0 aliphatic rings. The van der Waals surface area contributed by atoms with Gasteiger partial charge in [-0.3, -0.25) is 0 Å². The van der Waals surface area contributed by atoms with Gasteiger partial charge >= 0.3 is 0 Å². The minimum atomic E-state index is -0.406. The maximum atomic E-state index is 13.4. The van der Waals surface area contributed by atoms with Gasteiger partial charge in [0, 0.05) is 24.0 Å². The second-order valence-electron chi connectivity index (χ2n) is 4.57. The van der Waals surface area contributed by atoms with Crippen LogP contribution < -0.4 is 10.1 Å². The van der Waals surface area contributed by atoms with E-state index in [-0.39, 0.29) is 6.04 Å². The normalized spacial score (nSPS) is 12.3. The van der Waals surface area contributed by atoms with Crippen LogP contribution in [0.3, 0.4) is 0 Å². The lowest BCUT2D eigenvalue weighted by Gasteiger charge is -2.15. The molecule has 108 valence electrons. The number of ether oxygens (including phenoxy) is 1. The van der Waals surface area contributed by atoms with Crippen molar-refractivity contribution in [2.24, 2.45) is 0 Å². The highest BCUT2D eigenvalue weighted by Crippen LogP contribution is 2.26. The van der Waals surface area contributed by atoms with E-state index in [0.717, 1.165) is 11.8 Å². The Bertz CT molecular complexity index is 740. The SMILES string of the molecule is COc1ncc(F)cc1C(C)Nc1cc2ncccn2n1. The zero-order chi connectivity index (χ0) is 14.8. The average molecular weight is 287 g/mol. The minimum Gasteiger partial charge on any atom is -0.481 e. The van der Waals surface area contributed by atoms with Crippen molar-refractivity contribution in [1.82, 2.24) is 19.6 Å². The molecule has 3 aromatic rings. The van der Waals surface area contributed by atoms with Crippen LogP contribution in [-0.2, 0) is 0 Å². The number of hydrogen-bond acceptors (Lipinski definition) is 5. The molecule has 0 amide bonds. The van der Waals surface area contributed by atoms with E-state index in [1.165, 1.54) is 13.2 Å². The van der Waals surface area contributed by atoms with Gasteiger partial charge in [0.05, 0.1) is 19.3 Å². The maximum absolute atomic E-state index is 13.4. The summed E-state index contributed by atoms with van der Waals surface area (Å²) in [6.07, 6.45) is 4.64. The van der Waals surface area contributed by atoms with Crippen molar-refractivity contribution in [1.29, 1.82) is 0 Å². The van der Waals surface area contributed by atoms with Gasteiger partial charge in [-0.25, -0.2) is 18.9 Å². The first-order valence-corrected chi connectivity index (χ1v) is 6.44. The zero-order valence-corrected chi connectivity index (χ0v) is 11.6. The summed E-state index contributed by atoms with van der Waals surface area (Å²) < 4.78 is 20.2. The van der Waals surface area contributed by atoms with Crippen LogP contribution in [0.15, 0.2) is 36.8 Å². The second-order valence-corrected chi connectivity index (χ2v) is 4.57. The standard InChI is InChI=1S/C14H14FN5O/c1-9(11-6-10(15)8-17-14(11)21-2)18-12-7-13-16-4-3-5-20(13)19-12/h3-9H,1-2H3,(H,18,19). The molecule has 7 heteroatoms. The summed E-state index contributed by atoms with van der Waals surface area (Å²) >= 11 is 0.